The molecule has 0 radical (unpaired) electrons. The smallest absolute Gasteiger partial charge is 0.278 e. The lowest BCUT2D eigenvalue weighted by atomic mass is 10.1. The van der Waals surface area contributed by atoms with E-state index in [9.17, 15) is 15.2 Å². The number of benzene rings is 1. The summed E-state index contributed by atoms with van der Waals surface area (Å²) in [5.41, 5.74) is 1.59. The van der Waals surface area contributed by atoms with E-state index in [0.29, 0.717) is 22.6 Å². The van der Waals surface area contributed by atoms with E-state index < -0.39 is 4.92 Å². The number of phenolic OH excluding ortho intramolecular Hbond substituents is 1. The van der Waals surface area contributed by atoms with Crippen LogP contribution in [0.4, 0.5) is 5.69 Å². The lowest BCUT2D eigenvalue weighted by molar-refractivity contribution is -0.386. The maximum atomic E-state index is 11.0. The van der Waals surface area contributed by atoms with Crippen LogP contribution in [0.3, 0.4) is 0 Å². The number of aromatic nitrogens is 1. The van der Waals surface area contributed by atoms with Gasteiger partial charge in [0.2, 0.25) is 0 Å². The molecule has 0 bridgehead atoms. The third kappa shape index (κ3) is 2.85. The molecule has 0 fully saturated rings. The molecule has 6 nitrogen and oxygen atoms in total. The third-order valence-electron chi connectivity index (χ3n) is 2.95. The summed E-state index contributed by atoms with van der Waals surface area (Å²) in [5, 5.41) is 20.4. The van der Waals surface area contributed by atoms with Gasteiger partial charge in [0.05, 0.1) is 16.2 Å². The molecule has 0 atom stereocenters. The Hall–Kier alpha value is -2.63. The lowest BCUT2D eigenvalue weighted by Gasteiger charge is -2.09. The number of aryl methyl sites for hydroxylation is 1. The molecule has 1 aromatic carbocycles. The topological polar surface area (TPSA) is 85.5 Å². The van der Waals surface area contributed by atoms with Crippen LogP contribution in [0.5, 0.6) is 11.5 Å². The van der Waals surface area contributed by atoms with Crippen molar-refractivity contribution >= 4 is 5.69 Å². The molecular weight excluding hydrogens is 260 g/mol. The molecule has 104 valence electrons. The van der Waals surface area contributed by atoms with Crippen LogP contribution >= 0.6 is 0 Å². The largest absolute Gasteiger partial charge is 0.508 e. The Bertz CT molecular complexity index is 656. The Labute approximate surface area is 115 Å². The van der Waals surface area contributed by atoms with Gasteiger partial charge in [-0.2, -0.15) is 0 Å². The third-order valence-corrected chi connectivity index (χ3v) is 2.95. The number of hydrogen-bond donors (Lipinski definition) is 1. The Kier molecular flexibility index (Phi) is 3.84. The van der Waals surface area contributed by atoms with E-state index in [1.54, 1.807) is 26.0 Å². The zero-order valence-electron chi connectivity index (χ0n) is 11.2. The second-order valence-electron chi connectivity index (χ2n) is 4.40. The summed E-state index contributed by atoms with van der Waals surface area (Å²) in [4.78, 5) is 14.8. The number of rotatable bonds is 4. The average Bonchev–Trinajstić information content (AvgIpc) is 2.37. The fourth-order valence-corrected chi connectivity index (χ4v) is 1.92. The predicted molar refractivity (Wildman–Crippen MR) is 72.8 cm³/mol. The van der Waals surface area contributed by atoms with Crippen molar-refractivity contribution in [3.63, 3.8) is 0 Å². The minimum Gasteiger partial charge on any atom is -0.508 e. The summed E-state index contributed by atoms with van der Waals surface area (Å²) in [6.07, 6.45) is 1.46. The highest BCUT2D eigenvalue weighted by molar-refractivity contribution is 5.47. The van der Waals surface area contributed by atoms with Gasteiger partial charge in [-0.25, -0.2) is 0 Å². The first kappa shape index (κ1) is 13.8. The molecule has 0 aliphatic heterocycles. The first-order valence-corrected chi connectivity index (χ1v) is 6.00. The van der Waals surface area contributed by atoms with Crippen LogP contribution < -0.4 is 4.74 Å². The first-order chi connectivity index (χ1) is 9.49. The van der Waals surface area contributed by atoms with E-state index in [0.717, 1.165) is 0 Å². The van der Waals surface area contributed by atoms with Crippen LogP contribution in [0, 0.1) is 24.0 Å². The number of phenols is 1. The van der Waals surface area contributed by atoms with E-state index >= 15 is 0 Å². The molecule has 2 rings (SSSR count). The van der Waals surface area contributed by atoms with Crippen LogP contribution in [0.1, 0.15) is 16.8 Å². The van der Waals surface area contributed by atoms with Crippen LogP contribution in [0.25, 0.3) is 0 Å². The van der Waals surface area contributed by atoms with Gasteiger partial charge in [-0.15, -0.1) is 0 Å². The fourth-order valence-electron chi connectivity index (χ4n) is 1.92. The second-order valence-corrected chi connectivity index (χ2v) is 4.40. The quantitative estimate of drug-likeness (QED) is 0.684. The van der Waals surface area contributed by atoms with Gasteiger partial charge in [0.1, 0.15) is 18.1 Å². The molecule has 0 saturated heterocycles. The molecule has 0 aliphatic carbocycles. The van der Waals surface area contributed by atoms with Gasteiger partial charge < -0.3 is 9.84 Å². The summed E-state index contributed by atoms with van der Waals surface area (Å²) in [6, 6.07) is 6.35. The number of nitrogens with zero attached hydrogens (tertiary/aromatic N) is 2. The van der Waals surface area contributed by atoms with E-state index in [2.05, 4.69) is 4.98 Å². The molecule has 0 aliphatic rings. The number of pyridine rings is 1. The van der Waals surface area contributed by atoms with Gasteiger partial charge in [0.15, 0.2) is 0 Å². The van der Waals surface area contributed by atoms with E-state index in [1.165, 1.54) is 18.3 Å². The van der Waals surface area contributed by atoms with Crippen molar-refractivity contribution in [3.8, 4) is 11.5 Å². The molecular formula is C14H14N2O4. The van der Waals surface area contributed by atoms with Crippen molar-refractivity contribution in [2.75, 3.05) is 0 Å². The molecule has 0 amide bonds. The highest BCUT2D eigenvalue weighted by Gasteiger charge is 2.18. The van der Waals surface area contributed by atoms with E-state index in [1.807, 2.05) is 0 Å². The Morgan fingerprint density at radius 1 is 1.40 bits per heavy atom. The molecule has 6 heteroatoms. The number of hydrogen-bond acceptors (Lipinski definition) is 5. The maximum absolute atomic E-state index is 11.0. The van der Waals surface area contributed by atoms with Crippen molar-refractivity contribution in [1.82, 2.24) is 4.98 Å². The monoisotopic (exact) mass is 274 g/mol. The summed E-state index contributed by atoms with van der Waals surface area (Å²) in [6.45, 7) is 3.41. The van der Waals surface area contributed by atoms with Crippen LogP contribution in [-0.2, 0) is 6.61 Å². The highest BCUT2D eigenvalue weighted by atomic mass is 16.6. The average molecular weight is 274 g/mol. The molecule has 1 aromatic heterocycles. The molecule has 0 saturated carbocycles. The predicted octanol–water partition coefficient (Wildman–Crippen LogP) is 2.89. The zero-order chi connectivity index (χ0) is 14.7. The van der Waals surface area contributed by atoms with Crippen molar-refractivity contribution in [3.05, 3.63) is 57.4 Å². The standard InChI is InChI=1S/C14H14N2O4/c1-9-7-15-13(10(2)14(9)16(18)19)8-20-12-5-3-4-11(17)6-12/h3-7,17H,8H2,1-2H3. The first-order valence-electron chi connectivity index (χ1n) is 6.00. The van der Waals surface area contributed by atoms with Crippen LogP contribution in [0.2, 0.25) is 0 Å². The van der Waals surface area contributed by atoms with Crippen LogP contribution in [0.15, 0.2) is 30.5 Å². The van der Waals surface area contributed by atoms with Gasteiger partial charge in [-0.1, -0.05) is 6.07 Å². The van der Waals surface area contributed by atoms with Crippen LogP contribution in [-0.4, -0.2) is 15.0 Å². The molecule has 20 heavy (non-hydrogen) atoms. The fraction of sp³-hybridized carbons (Fsp3) is 0.214. The zero-order valence-corrected chi connectivity index (χ0v) is 11.2. The minimum atomic E-state index is -0.413. The number of nitro groups is 1. The summed E-state index contributed by atoms with van der Waals surface area (Å²) < 4.78 is 5.48. The highest BCUT2D eigenvalue weighted by Crippen LogP contribution is 2.25. The van der Waals surface area contributed by atoms with Crippen molar-refractivity contribution < 1.29 is 14.8 Å². The van der Waals surface area contributed by atoms with Crippen molar-refractivity contribution in [2.24, 2.45) is 0 Å². The van der Waals surface area contributed by atoms with Gasteiger partial charge >= 0.3 is 0 Å². The van der Waals surface area contributed by atoms with Gasteiger partial charge in [-0.05, 0) is 26.0 Å². The van der Waals surface area contributed by atoms with Gasteiger partial charge in [-0.3, -0.25) is 15.1 Å². The van der Waals surface area contributed by atoms with Gasteiger partial charge in [0.25, 0.3) is 5.69 Å². The second kappa shape index (κ2) is 5.56. The number of aromatic hydroxyl groups is 1. The number of ether oxygens (including phenoxy) is 1. The van der Waals surface area contributed by atoms with E-state index in [-0.39, 0.29) is 18.0 Å². The van der Waals surface area contributed by atoms with Gasteiger partial charge in [0, 0.05) is 17.8 Å². The van der Waals surface area contributed by atoms with Crippen molar-refractivity contribution in [2.45, 2.75) is 20.5 Å². The Morgan fingerprint density at radius 2 is 2.15 bits per heavy atom. The maximum Gasteiger partial charge on any atom is 0.278 e. The SMILES string of the molecule is Cc1cnc(COc2cccc(O)c2)c(C)c1[N+](=O)[O-]. The molecule has 1 N–H and O–H groups in total. The summed E-state index contributed by atoms with van der Waals surface area (Å²) >= 11 is 0. The minimum absolute atomic E-state index is 0.0644. The molecule has 0 spiro atoms. The van der Waals surface area contributed by atoms with E-state index in [4.69, 9.17) is 4.74 Å². The molecule has 0 unspecified atom stereocenters. The summed E-state index contributed by atoms with van der Waals surface area (Å²) in [7, 11) is 0. The molecule has 1 heterocycles. The summed E-state index contributed by atoms with van der Waals surface area (Å²) in [5.74, 6) is 0.580. The normalized spacial score (nSPS) is 10.3. The van der Waals surface area contributed by atoms with Crippen molar-refractivity contribution in [1.29, 1.82) is 0 Å². The Morgan fingerprint density at radius 3 is 2.80 bits per heavy atom. The lowest BCUT2D eigenvalue weighted by Crippen LogP contribution is -2.05. The Balaban J connectivity index is 2.22. The molecule has 2 aromatic rings.